The molecule has 0 bridgehead atoms. The highest BCUT2D eigenvalue weighted by molar-refractivity contribution is 5.66. The van der Waals surface area contributed by atoms with E-state index in [1.54, 1.807) is 0 Å². The highest BCUT2D eigenvalue weighted by atomic mass is 16.4. The number of aliphatic carboxylic acids is 1. The summed E-state index contributed by atoms with van der Waals surface area (Å²) in [5.41, 5.74) is 0. The van der Waals surface area contributed by atoms with Crippen LogP contribution in [0.2, 0.25) is 0 Å². The molecule has 1 N–H and O–H groups in total. The minimum Gasteiger partial charge on any atom is -0.481 e. The summed E-state index contributed by atoms with van der Waals surface area (Å²) in [5, 5.41) is 8.61. The second kappa shape index (κ2) is 6.11. The third-order valence-electron chi connectivity index (χ3n) is 3.70. The van der Waals surface area contributed by atoms with Gasteiger partial charge in [0.2, 0.25) is 0 Å². The van der Waals surface area contributed by atoms with E-state index >= 15 is 0 Å². The number of nitrogens with zero attached hydrogens (tertiary/aromatic N) is 1. The van der Waals surface area contributed by atoms with Crippen LogP contribution < -0.4 is 0 Å². The Morgan fingerprint density at radius 2 is 1.93 bits per heavy atom. The van der Waals surface area contributed by atoms with Gasteiger partial charge in [-0.05, 0) is 38.6 Å². The van der Waals surface area contributed by atoms with Gasteiger partial charge in [0, 0.05) is 12.6 Å². The van der Waals surface area contributed by atoms with Crippen molar-refractivity contribution in [1.29, 1.82) is 0 Å². The first-order valence-corrected chi connectivity index (χ1v) is 6.05. The minimum atomic E-state index is -0.691. The van der Waals surface area contributed by atoms with Crippen LogP contribution in [-0.4, -0.2) is 35.6 Å². The Morgan fingerprint density at radius 1 is 1.33 bits per heavy atom. The Balaban J connectivity index is 2.23. The van der Waals surface area contributed by atoms with Gasteiger partial charge in [0.1, 0.15) is 0 Å². The molecule has 0 heterocycles. The summed E-state index contributed by atoms with van der Waals surface area (Å²) in [7, 11) is 2.06. The van der Waals surface area contributed by atoms with Gasteiger partial charge in [0.15, 0.2) is 0 Å². The minimum absolute atomic E-state index is 0.268. The lowest BCUT2D eigenvalue weighted by Crippen LogP contribution is -2.36. The average Bonchev–Trinajstić information content (AvgIpc) is 2.26. The Hall–Kier alpha value is -0.570. The van der Waals surface area contributed by atoms with Gasteiger partial charge in [-0.2, -0.15) is 0 Å². The second-order valence-corrected chi connectivity index (χ2v) is 4.71. The van der Waals surface area contributed by atoms with Crippen LogP contribution in [0.25, 0.3) is 0 Å². The molecule has 88 valence electrons. The molecule has 0 amide bonds. The summed E-state index contributed by atoms with van der Waals surface area (Å²) in [6.07, 6.45) is 6.69. The summed E-state index contributed by atoms with van der Waals surface area (Å²) < 4.78 is 0. The van der Waals surface area contributed by atoms with Gasteiger partial charge < -0.3 is 10.0 Å². The Labute approximate surface area is 92.5 Å². The number of carboxylic acid groups (broad SMARTS) is 1. The van der Waals surface area contributed by atoms with Crippen molar-refractivity contribution < 1.29 is 9.90 Å². The Morgan fingerprint density at radius 3 is 2.40 bits per heavy atom. The molecule has 1 aliphatic rings. The molecule has 1 aliphatic carbocycles. The summed E-state index contributed by atoms with van der Waals surface area (Å²) in [6.45, 7) is 2.95. The lowest BCUT2D eigenvalue weighted by Gasteiger charge is -2.34. The van der Waals surface area contributed by atoms with E-state index in [1.165, 1.54) is 32.1 Å². The van der Waals surface area contributed by atoms with E-state index in [2.05, 4.69) is 18.9 Å². The molecule has 1 saturated carbocycles. The monoisotopic (exact) mass is 213 g/mol. The van der Waals surface area contributed by atoms with Crippen molar-refractivity contribution in [3.8, 4) is 0 Å². The third-order valence-corrected chi connectivity index (χ3v) is 3.70. The van der Waals surface area contributed by atoms with Crippen molar-refractivity contribution in [1.82, 2.24) is 4.90 Å². The smallest absolute Gasteiger partial charge is 0.304 e. The summed E-state index contributed by atoms with van der Waals surface area (Å²) in [6, 6.07) is 0.618. The van der Waals surface area contributed by atoms with E-state index in [9.17, 15) is 4.79 Å². The van der Waals surface area contributed by atoms with Crippen molar-refractivity contribution in [2.24, 2.45) is 5.92 Å². The molecule has 0 unspecified atom stereocenters. The molecule has 0 spiro atoms. The standard InChI is InChI=1S/C12H23NO2/c1-3-10-4-6-11(7-5-10)13(2)9-8-12(14)15/h10-11H,3-9H2,1-2H3,(H,14,15). The highest BCUT2D eigenvalue weighted by Gasteiger charge is 2.22. The first-order chi connectivity index (χ1) is 7.13. The fraction of sp³-hybridized carbons (Fsp3) is 0.917. The van der Waals surface area contributed by atoms with Gasteiger partial charge in [0.25, 0.3) is 0 Å². The number of hydrogen-bond donors (Lipinski definition) is 1. The average molecular weight is 213 g/mol. The van der Waals surface area contributed by atoms with Gasteiger partial charge in [-0.1, -0.05) is 13.3 Å². The van der Waals surface area contributed by atoms with E-state index < -0.39 is 5.97 Å². The zero-order chi connectivity index (χ0) is 11.3. The summed E-state index contributed by atoms with van der Waals surface area (Å²) in [5.74, 6) is 0.221. The van der Waals surface area contributed by atoms with E-state index in [0.717, 1.165) is 5.92 Å². The maximum atomic E-state index is 10.5. The van der Waals surface area contributed by atoms with Gasteiger partial charge in [0.05, 0.1) is 6.42 Å². The molecule has 0 saturated heterocycles. The number of carbonyl (C=O) groups is 1. The number of carboxylic acids is 1. The molecule has 0 aromatic heterocycles. The van der Waals surface area contributed by atoms with E-state index in [0.29, 0.717) is 12.6 Å². The van der Waals surface area contributed by atoms with Crippen LogP contribution in [0.1, 0.15) is 45.4 Å². The fourth-order valence-electron chi connectivity index (χ4n) is 2.45. The van der Waals surface area contributed by atoms with E-state index in [-0.39, 0.29) is 6.42 Å². The molecule has 0 radical (unpaired) electrons. The fourth-order valence-corrected chi connectivity index (χ4v) is 2.45. The third kappa shape index (κ3) is 4.20. The Bertz CT molecular complexity index is 198. The molecule has 0 aromatic rings. The van der Waals surface area contributed by atoms with Crippen LogP contribution in [0.4, 0.5) is 0 Å². The first kappa shape index (κ1) is 12.5. The predicted molar refractivity (Wildman–Crippen MR) is 60.9 cm³/mol. The first-order valence-electron chi connectivity index (χ1n) is 6.05. The topological polar surface area (TPSA) is 40.5 Å². The molecular formula is C12H23NO2. The maximum Gasteiger partial charge on any atom is 0.304 e. The van der Waals surface area contributed by atoms with Gasteiger partial charge in [-0.3, -0.25) is 4.79 Å². The second-order valence-electron chi connectivity index (χ2n) is 4.71. The van der Waals surface area contributed by atoms with Crippen LogP contribution in [-0.2, 0) is 4.79 Å². The molecule has 1 fully saturated rings. The molecule has 15 heavy (non-hydrogen) atoms. The highest BCUT2D eigenvalue weighted by Crippen LogP contribution is 2.28. The van der Waals surface area contributed by atoms with Gasteiger partial charge >= 0.3 is 5.97 Å². The number of rotatable bonds is 5. The van der Waals surface area contributed by atoms with Crippen molar-refractivity contribution in [2.75, 3.05) is 13.6 Å². The largest absolute Gasteiger partial charge is 0.481 e. The maximum absolute atomic E-state index is 10.5. The summed E-state index contributed by atoms with van der Waals surface area (Å²) in [4.78, 5) is 12.7. The molecule has 0 atom stereocenters. The van der Waals surface area contributed by atoms with Crippen LogP contribution in [0.5, 0.6) is 0 Å². The summed E-state index contributed by atoms with van der Waals surface area (Å²) >= 11 is 0. The lowest BCUT2D eigenvalue weighted by molar-refractivity contribution is -0.137. The SMILES string of the molecule is CCC1CCC(N(C)CCC(=O)O)CC1. The lowest BCUT2D eigenvalue weighted by atomic mass is 9.84. The van der Waals surface area contributed by atoms with Crippen LogP contribution >= 0.6 is 0 Å². The zero-order valence-electron chi connectivity index (χ0n) is 9.91. The van der Waals surface area contributed by atoms with Gasteiger partial charge in [-0.15, -0.1) is 0 Å². The molecule has 1 rings (SSSR count). The normalized spacial score (nSPS) is 26.9. The van der Waals surface area contributed by atoms with E-state index in [4.69, 9.17) is 5.11 Å². The molecule has 0 aliphatic heterocycles. The molecule has 3 nitrogen and oxygen atoms in total. The van der Waals surface area contributed by atoms with Gasteiger partial charge in [-0.25, -0.2) is 0 Å². The van der Waals surface area contributed by atoms with Crippen LogP contribution in [0, 0.1) is 5.92 Å². The predicted octanol–water partition coefficient (Wildman–Crippen LogP) is 2.36. The quantitative estimate of drug-likeness (QED) is 0.762. The molecular weight excluding hydrogens is 190 g/mol. The van der Waals surface area contributed by atoms with Crippen molar-refractivity contribution in [3.05, 3.63) is 0 Å². The van der Waals surface area contributed by atoms with Crippen LogP contribution in [0.3, 0.4) is 0 Å². The van der Waals surface area contributed by atoms with Crippen molar-refractivity contribution in [2.45, 2.75) is 51.5 Å². The Kier molecular flexibility index (Phi) is 5.09. The zero-order valence-corrected chi connectivity index (χ0v) is 9.91. The van der Waals surface area contributed by atoms with Crippen molar-refractivity contribution >= 4 is 5.97 Å². The molecule has 3 heteroatoms. The van der Waals surface area contributed by atoms with Crippen molar-refractivity contribution in [3.63, 3.8) is 0 Å². The van der Waals surface area contributed by atoms with Crippen LogP contribution in [0.15, 0.2) is 0 Å². The van der Waals surface area contributed by atoms with E-state index in [1.807, 2.05) is 0 Å². The molecule has 0 aromatic carbocycles. The number of hydrogen-bond acceptors (Lipinski definition) is 2.